The molecule has 2 aromatic carbocycles. The van der Waals surface area contributed by atoms with Gasteiger partial charge in [0, 0.05) is 0 Å². The van der Waals surface area contributed by atoms with Crippen molar-refractivity contribution in [3.05, 3.63) is 59.2 Å². The molecule has 0 saturated heterocycles. The molecule has 0 radical (unpaired) electrons. The summed E-state index contributed by atoms with van der Waals surface area (Å²) in [7, 11) is 0. The minimum absolute atomic E-state index is 0.477. The number of carbonyl (C=O) groups is 1. The predicted octanol–water partition coefficient (Wildman–Crippen LogP) is 2.29. The summed E-state index contributed by atoms with van der Waals surface area (Å²) in [6.07, 6.45) is 0.761. The van der Waals surface area contributed by atoms with Crippen molar-refractivity contribution in [1.29, 1.82) is 0 Å². The van der Waals surface area contributed by atoms with E-state index in [0.717, 1.165) is 17.5 Å². The van der Waals surface area contributed by atoms with Crippen molar-refractivity contribution in [2.45, 2.75) is 6.42 Å². The van der Waals surface area contributed by atoms with E-state index in [4.69, 9.17) is 5.90 Å². The molecule has 0 amide bonds. The average Bonchev–Trinajstić information content (AvgIpc) is 2.76. The second-order valence-electron chi connectivity index (χ2n) is 4.07. The lowest BCUT2D eigenvalue weighted by atomic mass is 10.0. The average molecular weight is 225 g/mol. The summed E-state index contributed by atoms with van der Waals surface area (Å²) < 4.78 is 0. The van der Waals surface area contributed by atoms with E-state index in [2.05, 4.69) is 17.0 Å². The molecule has 0 saturated carbocycles. The first-order valence-corrected chi connectivity index (χ1v) is 5.42. The van der Waals surface area contributed by atoms with Gasteiger partial charge in [-0.3, -0.25) is 0 Å². The van der Waals surface area contributed by atoms with Crippen molar-refractivity contribution in [1.82, 2.24) is 0 Å². The van der Waals surface area contributed by atoms with E-state index in [1.807, 2.05) is 24.3 Å². The lowest BCUT2D eigenvalue weighted by Gasteiger charge is -2.05. The molecule has 0 aromatic heterocycles. The largest absolute Gasteiger partial charge is 0.370 e. The highest BCUT2D eigenvalue weighted by Gasteiger charge is 2.23. The molecule has 0 fully saturated rings. The lowest BCUT2D eigenvalue weighted by molar-refractivity contribution is 0.0502. The zero-order valence-electron chi connectivity index (χ0n) is 9.14. The molecule has 0 heterocycles. The number of hydrogen-bond donors (Lipinski definition) is 1. The molecular weight excluding hydrogens is 214 g/mol. The maximum Gasteiger partial charge on any atom is 0.356 e. The van der Waals surface area contributed by atoms with Crippen LogP contribution in [0.5, 0.6) is 0 Å². The van der Waals surface area contributed by atoms with Crippen LogP contribution in [0.25, 0.3) is 11.1 Å². The highest BCUT2D eigenvalue weighted by Crippen LogP contribution is 2.38. The van der Waals surface area contributed by atoms with E-state index >= 15 is 0 Å². The summed E-state index contributed by atoms with van der Waals surface area (Å²) in [5.74, 6) is 4.48. The summed E-state index contributed by atoms with van der Waals surface area (Å²) in [5, 5.41) is 0. The molecule has 3 nitrogen and oxygen atoms in total. The summed E-state index contributed by atoms with van der Waals surface area (Å²) in [5.41, 5.74) is 5.09. The maximum absolute atomic E-state index is 11.6. The first-order valence-electron chi connectivity index (χ1n) is 5.42. The Bertz CT molecular complexity index is 605. The highest BCUT2D eigenvalue weighted by atomic mass is 16.7. The molecule has 0 atom stereocenters. The van der Waals surface area contributed by atoms with Crippen LogP contribution < -0.4 is 5.90 Å². The lowest BCUT2D eigenvalue weighted by Crippen LogP contribution is -2.12. The first kappa shape index (κ1) is 10.1. The molecule has 0 bridgehead atoms. The Balaban J connectivity index is 2.20. The molecule has 17 heavy (non-hydrogen) atoms. The van der Waals surface area contributed by atoms with Crippen molar-refractivity contribution in [2.24, 2.45) is 5.90 Å². The van der Waals surface area contributed by atoms with Gasteiger partial charge in [0.1, 0.15) is 0 Å². The zero-order valence-corrected chi connectivity index (χ0v) is 9.14. The van der Waals surface area contributed by atoms with Gasteiger partial charge in [-0.25, -0.2) is 4.79 Å². The summed E-state index contributed by atoms with van der Waals surface area (Å²) in [6, 6.07) is 13.8. The van der Waals surface area contributed by atoms with Gasteiger partial charge in [0.2, 0.25) is 0 Å². The number of benzene rings is 2. The van der Waals surface area contributed by atoms with Crippen LogP contribution in [0.2, 0.25) is 0 Å². The molecule has 0 unspecified atom stereocenters. The van der Waals surface area contributed by atoms with E-state index in [1.54, 1.807) is 6.07 Å². The van der Waals surface area contributed by atoms with Gasteiger partial charge in [-0.2, -0.15) is 5.90 Å². The Morgan fingerprint density at radius 3 is 2.65 bits per heavy atom. The summed E-state index contributed by atoms with van der Waals surface area (Å²) in [6.45, 7) is 0. The fourth-order valence-electron chi connectivity index (χ4n) is 2.41. The Hall–Kier alpha value is -2.13. The molecule has 84 valence electrons. The van der Waals surface area contributed by atoms with E-state index in [9.17, 15) is 4.79 Å². The van der Waals surface area contributed by atoms with Crippen molar-refractivity contribution < 1.29 is 9.63 Å². The molecule has 2 aromatic rings. The molecule has 1 aliphatic carbocycles. The van der Waals surface area contributed by atoms with Crippen molar-refractivity contribution in [3.8, 4) is 11.1 Å². The normalized spacial score (nSPS) is 11.8. The molecule has 2 N–H and O–H groups in total. The van der Waals surface area contributed by atoms with Gasteiger partial charge in [-0.05, 0) is 34.7 Å². The van der Waals surface area contributed by atoms with Crippen LogP contribution in [-0.4, -0.2) is 5.97 Å². The molecule has 1 aliphatic rings. The highest BCUT2D eigenvalue weighted by molar-refractivity contribution is 5.95. The van der Waals surface area contributed by atoms with Gasteiger partial charge in [0.25, 0.3) is 0 Å². The third-order valence-electron chi connectivity index (χ3n) is 3.18. The van der Waals surface area contributed by atoms with E-state index in [0.29, 0.717) is 5.56 Å². The smallest absolute Gasteiger partial charge is 0.356 e. The molecular formula is C14H11NO2. The number of fused-ring (bicyclic) bond motifs is 3. The second-order valence-corrected chi connectivity index (χ2v) is 4.07. The Morgan fingerprint density at radius 1 is 1.06 bits per heavy atom. The third kappa shape index (κ3) is 1.44. The quantitative estimate of drug-likeness (QED) is 0.646. The minimum Gasteiger partial charge on any atom is -0.370 e. The van der Waals surface area contributed by atoms with Crippen molar-refractivity contribution >= 4 is 5.97 Å². The maximum atomic E-state index is 11.6. The van der Waals surface area contributed by atoms with Gasteiger partial charge in [0.05, 0.1) is 5.56 Å². The van der Waals surface area contributed by atoms with E-state index in [-0.39, 0.29) is 0 Å². The SMILES string of the molecule is NOC(=O)c1cccc2c1Cc1ccccc1-2. The molecule has 0 spiro atoms. The van der Waals surface area contributed by atoms with Gasteiger partial charge in [-0.1, -0.05) is 36.4 Å². The third-order valence-corrected chi connectivity index (χ3v) is 3.18. The van der Waals surface area contributed by atoms with Crippen LogP contribution in [0.1, 0.15) is 21.5 Å². The van der Waals surface area contributed by atoms with Crippen LogP contribution >= 0.6 is 0 Å². The number of hydrogen-bond acceptors (Lipinski definition) is 3. The van der Waals surface area contributed by atoms with Crippen molar-refractivity contribution in [2.75, 3.05) is 0 Å². The summed E-state index contributed by atoms with van der Waals surface area (Å²) in [4.78, 5) is 15.9. The predicted molar refractivity (Wildman–Crippen MR) is 64.3 cm³/mol. The van der Waals surface area contributed by atoms with Crippen LogP contribution in [0.3, 0.4) is 0 Å². The van der Waals surface area contributed by atoms with Gasteiger partial charge >= 0.3 is 5.97 Å². The first-order chi connectivity index (χ1) is 8.31. The number of nitrogens with two attached hydrogens (primary N) is 1. The minimum atomic E-state index is -0.477. The van der Waals surface area contributed by atoms with Gasteiger partial charge in [0.15, 0.2) is 0 Å². The number of rotatable bonds is 1. The van der Waals surface area contributed by atoms with Gasteiger partial charge in [-0.15, -0.1) is 0 Å². The second kappa shape index (κ2) is 3.71. The fourth-order valence-corrected chi connectivity index (χ4v) is 2.41. The number of carbonyl (C=O) groups excluding carboxylic acids is 1. The van der Waals surface area contributed by atoms with Gasteiger partial charge < -0.3 is 4.84 Å². The zero-order chi connectivity index (χ0) is 11.8. The van der Waals surface area contributed by atoms with Crippen LogP contribution in [0, 0.1) is 0 Å². The fraction of sp³-hybridized carbons (Fsp3) is 0.0714. The van der Waals surface area contributed by atoms with Crippen LogP contribution in [-0.2, 0) is 11.3 Å². The van der Waals surface area contributed by atoms with Crippen LogP contribution in [0.4, 0.5) is 0 Å². The van der Waals surface area contributed by atoms with E-state index in [1.165, 1.54) is 11.1 Å². The molecule has 0 aliphatic heterocycles. The van der Waals surface area contributed by atoms with Crippen LogP contribution in [0.15, 0.2) is 42.5 Å². The topological polar surface area (TPSA) is 52.3 Å². The molecule has 3 rings (SSSR count). The Morgan fingerprint density at radius 2 is 1.82 bits per heavy atom. The monoisotopic (exact) mass is 225 g/mol. The molecule has 3 heteroatoms. The standard InChI is InChI=1S/C14H11NO2/c15-17-14(16)12-7-3-6-11-10-5-2-1-4-9(10)8-13(11)12/h1-7H,8,15H2. The Kier molecular flexibility index (Phi) is 2.20. The van der Waals surface area contributed by atoms with E-state index < -0.39 is 5.97 Å². The Labute approximate surface area is 98.8 Å². The summed E-state index contributed by atoms with van der Waals surface area (Å²) >= 11 is 0. The van der Waals surface area contributed by atoms with Crippen molar-refractivity contribution in [3.63, 3.8) is 0 Å².